The van der Waals surface area contributed by atoms with Crippen LogP contribution in [-0.4, -0.2) is 32.0 Å². The third kappa shape index (κ3) is 5.22. The van der Waals surface area contributed by atoms with E-state index < -0.39 is 27.4 Å². The van der Waals surface area contributed by atoms with Crippen molar-refractivity contribution in [1.82, 2.24) is 0 Å². The van der Waals surface area contributed by atoms with Gasteiger partial charge < -0.3 is 5.32 Å². The Kier molecular flexibility index (Phi) is 6.93. The van der Waals surface area contributed by atoms with Crippen LogP contribution in [0.3, 0.4) is 0 Å². The van der Waals surface area contributed by atoms with Gasteiger partial charge in [-0.05, 0) is 42.7 Å². The number of hydrogen-bond acceptors (Lipinski definition) is 6. The number of sulfonamides is 1. The molecule has 0 fully saturated rings. The molecule has 0 aliphatic carbocycles. The fraction of sp³-hybridized carbons (Fsp3) is 0.0952. The number of benzene rings is 3. The van der Waals surface area contributed by atoms with Gasteiger partial charge in [-0.25, -0.2) is 8.42 Å². The zero-order chi connectivity index (χ0) is 22.4. The Morgan fingerprint density at radius 2 is 1.61 bits per heavy atom. The van der Waals surface area contributed by atoms with Crippen molar-refractivity contribution in [2.75, 3.05) is 22.4 Å². The van der Waals surface area contributed by atoms with E-state index in [1.165, 1.54) is 48.2 Å². The standard InChI is InChI=1S/C21H19N3O5S2/c1-30-20-10-6-5-9-19(20)22-21(25)15-23(16-11-13-17(14-12-16)24(26)27)31(28,29)18-7-3-2-4-8-18/h2-14H,15H2,1H3,(H,22,25). The number of nitro benzene ring substituents is 1. The summed E-state index contributed by atoms with van der Waals surface area (Å²) >= 11 is 1.45. The summed E-state index contributed by atoms with van der Waals surface area (Å²) in [5.41, 5.74) is 0.530. The lowest BCUT2D eigenvalue weighted by Gasteiger charge is -2.24. The summed E-state index contributed by atoms with van der Waals surface area (Å²) in [6, 6.07) is 19.9. The van der Waals surface area contributed by atoms with Crippen molar-refractivity contribution in [3.63, 3.8) is 0 Å². The number of nitrogens with zero attached hydrogens (tertiary/aromatic N) is 2. The van der Waals surface area contributed by atoms with E-state index in [-0.39, 0.29) is 16.3 Å². The van der Waals surface area contributed by atoms with Gasteiger partial charge in [0.1, 0.15) is 6.54 Å². The Balaban J connectivity index is 1.96. The molecule has 0 heterocycles. The molecule has 0 aromatic heterocycles. The van der Waals surface area contributed by atoms with Crippen LogP contribution in [0.1, 0.15) is 0 Å². The molecule has 3 aromatic carbocycles. The maximum absolute atomic E-state index is 13.3. The monoisotopic (exact) mass is 457 g/mol. The number of carbonyl (C=O) groups is 1. The van der Waals surface area contributed by atoms with E-state index >= 15 is 0 Å². The first-order valence-electron chi connectivity index (χ1n) is 9.08. The molecule has 3 aromatic rings. The fourth-order valence-electron chi connectivity index (χ4n) is 2.84. The second-order valence-electron chi connectivity index (χ2n) is 6.35. The van der Waals surface area contributed by atoms with E-state index in [1.54, 1.807) is 30.3 Å². The molecule has 10 heteroatoms. The Labute approximate surface area is 184 Å². The molecule has 0 saturated heterocycles. The minimum atomic E-state index is -4.09. The molecule has 0 spiro atoms. The molecule has 0 saturated carbocycles. The molecule has 8 nitrogen and oxygen atoms in total. The topological polar surface area (TPSA) is 110 Å². The number of anilines is 2. The number of carbonyl (C=O) groups excluding carboxylic acids is 1. The van der Waals surface area contributed by atoms with Crippen molar-refractivity contribution < 1.29 is 18.1 Å². The highest BCUT2D eigenvalue weighted by Gasteiger charge is 2.27. The lowest BCUT2D eigenvalue weighted by atomic mass is 10.3. The number of nitrogens with one attached hydrogen (secondary N) is 1. The molecule has 1 N–H and O–H groups in total. The molecule has 3 rings (SSSR count). The molecule has 0 atom stereocenters. The summed E-state index contributed by atoms with van der Waals surface area (Å²) in [6.45, 7) is -0.502. The average molecular weight is 458 g/mol. The van der Waals surface area contributed by atoms with Crippen LogP contribution in [0.2, 0.25) is 0 Å². The zero-order valence-corrected chi connectivity index (χ0v) is 18.1. The average Bonchev–Trinajstić information content (AvgIpc) is 2.78. The summed E-state index contributed by atoms with van der Waals surface area (Å²) in [4.78, 5) is 24.0. The Hall–Kier alpha value is -3.37. The van der Waals surface area contributed by atoms with Crippen molar-refractivity contribution in [3.05, 3.63) is 89.0 Å². The molecule has 0 bridgehead atoms. The second kappa shape index (κ2) is 9.63. The van der Waals surface area contributed by atoms with E-state index in [2.05, 4.69) is 5.32 Å². The first-order valence-corrected chi connectivity index (χ1v) is 11.7. The van der Waals surface area contributed by atoms with E-state index in [4.69, 9.17) is 0 Å². The SMILES string of the molecule is CSc1ccccc1NC(=O)CN(c1ccc([N+](=O)[O-])cc1)S(=O)(=O)c1ccccc1. The number of thioether (sulfide) groups is 1. The number of nitro groups is 1. The number of hydrogen-bond donors (Lipinski definition) is 1. The number of rotatable bonds is 8. The van der Waals surface area contributed by atoms with Gasteiger partial charge in [-0.1, -0.05) is 30.3 Å². The summed E-state index contributed by atoms with van der Waals surface area (Å²) in [7, 11) is -4.09. The van der Waals surface area contributed by atoms with Crippen LogP contribution in [0.5, 0.6) is 0 Å². The number of non-ortho nitro benzene ring substituents is 1. The van der Waals surface area contributed by atoms with Crippen LogP contribution < -0.4 is 9.62 Å². The van der Waals surface area contributed by atoms with Crippen molar-refractivity contribution in [3.8, 4) is 0 Å². The van der Waals surface area contributed by atoms with Gasteiger partial charge in [0, 0.05) is 17.0 Å². The molecular formula is C21H19N3O5S2. The van der Waals surface area contributed by atoms with Gasteiger partial charge in [-0.15, -0.1) is 11.8 Å². The van der Waals surface area contributed by atoms with Gasteiger partial charge in [0.2, 0.25) is 5.91 Å². The maximum atomic E-state index is 13.3. The summed E-state index contributed by atoms with van der Waals surface area (Å²) in [6.07, 6.45) is 1.87. The van der Waals surface area contributed by atoms with Crippen LogP contribution in [-0.2, 0) is 14.8 Å². The molecular weight excluding hydrogens is 438 g/mol. The van der Waals surface area contributed by atoms with Gasteiger partial charge in [-0.3, -0.25) is 19.2 Å². The van der Waals surface area contributed by atoms with Gasteiger partial charge in [-0.2, -0.15) is 0 Å². The predicted molar refractivity (Wildman–Crippen MR) is 121 cm³/mol. The molecule has 0 aliphatic rings. The molecule has 0 unspecified atom stereocenters. The van der Waals surface area contributed by atoms with Gasteiger partial charge in [0.05, 0.1) is 21.2 Å². The van der Waals surface area contributed by atoms with Gasteiger partial charge in [0.15, 0.2) is 0 Å². The second-order valence-corrected chi connectivity index (χ2v) is 9.06. The normalized spacial score (nSPS) is 11.0. The van der Waals surface area contributed by atoms with Crippen molar-refractivity contribution in [2.24, 2.45) is 0 Å². The Morgan fingerprint density at radius 3 is 2.23 bits per heavy atom. The summed E-state index contributed by atoms with van der Waals surface area (Å²) < 4.78 is 27.5. The van der Waals surface area contributed by atoms with Crippen molar-refractivity contribution in [2.45, 2.75) is 9.79 Å². The maximum Gasteiger partial charge on any atom is 0.269 e. The lowest BCUT2D eigenvalue weighted by molar-refractivity contribution is -0.384. The van der Waals surface area contributed by atoms with Crippen LogP contribution >= 0.6 is 11.8 Å². The first-order chi connectivity index (χ1) is 14.8. The fourth-order valence-corrected chi connectivity index (χ4v) is 4.84. The highest BCUT2D eigenvalue weighted by Crippen LogP contribution is 2.27. The van der Waals surface area contributed by atoms with Crippen LogP contribution in [0.4, 0.5) is 17.1 Å². The van der Waals surface area contributed by atoms with Gasteiger partial charge >= 0.3 is 0 Å². The molecule has 0 aliphatic heterocycles. The van der Waals surface area contributed by atoms with E-state index in [1.807, 2.05) is 18.4 Å². The Bertz CT molecular complexity index is 1180. The van der Waals surface area contributed by atoms with Gasteiger partial charge in [0.25, 0.3) is 15.7 Å². The molecule has 0 radical (unpaired) electrons. The first kappa shape index (κ1) is 22.3. The third-order valence-electron chi connectivity index (χ3n) is 4.35. The summed E-state index contributed by atoms with van der Waals surface area (Å²) in [5.74, 6) is -0.542. The third-order valence-corrected chi connectivity index (χ3v) is 6.93. The van der Waals surface area contributed by atoms with E-state index in [0.29, 0.717) is 5.69 Å². The summed E-state index contributed by atoms with van der Waals surface area (Å²) in [5, 5.41) is 13.7. The number of para-hydroxylation sites is 1. The van der Waals surface area contributed by atoms with Crippen molar-refractivity contribution >= 4 is 44.8 Å². The highest BCUT2D eigenvalue weighted by atomic mass is 32.2. The molecule has 31 heavy (non-hydrogen) atoms. The van der Waals surface area contributed by atoms with Crippen LogP contribution in [0.25, 0.3) is 0 Å². The number of amides is 1. The highest BCUT2D eigenvalue weighted by molar-refractivity contribution is 7.98. The minimum Gasteiger partial charge on any atom is -0.323 e. The zero-order valence-electron chi connectivity index (χ0n) is 16.5. The quantitative estimate of drug-likeness (QED) is 0.309. The molecule has 1 amide bonds. The largest absolute Gasteiger partial charge is 0.323 e. The van der Waals surface area contributed by atoms with E-state index in [9.17, 15) is 23.3 Å². The van der Waals surface area contributed by atoms with Crippen LogP contribution in [0.15, 0.2) is 88.7 Å². The Morgan fingerprint density at radius 1 is 1.00 bits per heavy atom. The molecule has 160 valence electrons. The smallest absolute Gasteiger partial charge is 0.269 e. The van der Waals surface area contributed by atoms with Crippen molar-refractivity contribution in [1.29, 1.82) is 0 Å². The lowest BCUT2D eigenvalue weighted by Crippen LogP contribution is -2.38. The minimum absolute atomic E-state index is 0.00525. The predicted octanol–water partition coefficient (Wildman–Crippen LogP) is 4.15. The van der Waals surface area contributed by atoms with E-state index in [0.717, 1.165) is 9.20 Å². The van der Waals surface area contributed by atoms with Crippen LogP contribution in [0, 0.1) is 10.1 Å².